The number of nitrogens with one attached hydrogen (secondary N) is 3. The maximum Gasteiger partial charge on any atom is 0.305 e. The Morgan fingerprint density at radius 1 is 0.846 bits per heavy atom. The number of sulfonamides is 1. The fourth-order valence-corrected chi connectivity index (χ4v) is 4.80. The molecular weight excluding hydrogens is 538 g/mol. The molecule has 0 aliphatic rings. The van der Waals surface area contributed by atoms with E-state index in [4.69, 9.17) is 21.7 Å². The molecule has 3 aromatic rings. The van der Waals surface area contributed by atoms with Crippen LogP contribution in [0.25, 0.3) is 0 Å². The number of benzene rings is 3. The van der Waals surface area contributed by atoms with Gasteiger partial charge in [0.15, 0.2) is 5.11 Å². The monoisotopic (exact) mass is 569 g/mol. The molecule has 0 aliphatic carbocycles. The number of rotatable bonds is 13. The molecule has 11 heteroatoms. The van der Waals surface area contributed by atoms with Crippen molar-refractivity contribution < 1.29 is 27.5 Å². The van der Waals surface area contributed by atoms with E-state index in [1.54, 1.807) is 24.3 Å². The lowest BCUT2D eigenvalue weighted by Gasteiger charge is -2.11. The summed E-state index contributed by atoms with van der Waals surface area (Å²) in [7, 11) is -2.27. The zero-order valence-electron chi connectivity index (χ0n) is 21.5. The van der Waals surface area contributed by atoms with E-state index in [0.29, 0.717) is 30.2 Å². The van der Waals surface area contributed by atoms with Gasteiger partial charge in [0.2, 0.25) is 5.91 Å². The first-order valence-corrected chi connectivity index (χ1v) is 14.2. The van der Waals surface area contributed by atoms with Crippen LogP contribution in [0, 0.1) is 0 Å². The molecule has 0 fully saturated rings. The lowest BCUT2D eigenvalue weighted by Crippen LogP contribution is -2.34. The van der Waals surface area contributed by atoms with Crippen LogP contribution in [-0.4, -0.2) is 39.1 Å². The summed E-state index contributed by atoms with van der Waals surface area (Å²) >= 11 is 5.16. The number of ether oxygens (including phenoxy) is 2. The van der Waals surface area contributed by atoms with Crippen LogP contribution in [-0.2, 0) is 30.8 Å². The first-order chi connectivity index (χ1) is 18.7. The van der Waals surface area contributed by atoms with Gasteiger partial charge in [-0.1, -0.05) is 30.3 Å². The molecule has 0 aliphatic heterocycles. The molecule has 206 valence electrons. The predicted molar refractivity (Wildman–Crippen MR) is 154 cm³/mol. The zero-order chi connectivity index (χ0) is 28.1. The van der Waals surface area contributed by atoms with Crippen LogP contribution in [0.1, 0.15) is 31.2 Å². The zero-order valence-corrected chi connectivity index (χ0v) is 23.1. The van der Waals surface area contributed by atoms with E-state index < -0.39 is 10.0 Å². The molecule has 0 atom stereocenters. The number of aryl methyl sites for hydroxylation is 1. The molecule has 9 nitrogen and oxygen atoms in total. The van der Waals surface area contributed by atoms with Gasteiger partial charge in [-0.2, -0.15) is 0 Å². The lowest BCUT2D eigenvalue weighted by atomic mass is 10.1. The molecule has 39 heavy (non-hydrogen) atoms. The second-order valence-electron chi connectivity index (χ2n) is 8.52. The largest absolute Gasteiger partial charge is 0.497 e. The summed E-state index contributed by atoms with van der Waals surface area (Å²) in [5.74, 6) is -0.0653. The molecule has 3 rings (SSSR count). The van der Waals surface area contributed by atoms with Gasteiger partial charge in [-0.15, -0.1) is 0 Å². The molecule has 0 saturated carbocycles. The molecule has 1 amide bonds. The van der Waals surface area contributed by atoms with Crippen molar-refractivity contribution in [1.82, 2.24) is 5.32 Å². The summed E-state index contributed by atoms with van der Waals surface area (Å²) in [5, 5.41) is 5.45. The minimum Gasteiger partial charge on any atom is -0.497 e. The van der Waals surface area contributed by atoms with Gasteiger partial charge < -0.3 is 20.1 Å². The smallest absolute Gasteiger partial charge is 0.305 e. The number of methoxy groups -OCH3 is 1. The molecule has 3 aromatic carbocycles. The van der Waals surface area contributed by atoms with Crippen molar-refractivity contribution in [3.8, 4) is 5.75 Å². The normalized spacial score (nSPS) is 10.8. The fraction of sp³-hybridized carbons (Fsp3) is 0.250. The Balaban J connectivity index is 1.34. The molecule has 0 bridgehead atoms. The van der Waals surface area contributed by atoms with Crippen molar-refractivity contribution >= 4 is 50.6 Å². The Labute approximate surface area is 234 Å². The number of hydrogen-bond acceptors (Lipinski definition) is 7. The number of esters is 1. The van der Waals surface area contributed by atoms with Gasteiger partial charge in [0.05, 0.1) is 18.6 Å². The van der Waals surface area contributed by atoms with Crippen LogP contribution in [0.15, 0.2) is 83.8 Å². The summed E-state index contributed by atoms with van der Waals surface area (Å²) in [6, 6.07) is 22.4. The van der Waals surface area contributed by atoms with Gasteiger partial charge in [0.1, 0.15) is 5.75 Å². The Bertz CT molecular complexity index is 1350. The van der Waals surface area contributed by atoms with Gasteiger partial charge in [-0.05, 0) is 85.6 Å². The van der Waals surface area contributed by atoms with Crippen LogP contribution in [0.3, 0.4) is 0 Å². The van der Waals surface area contributed by atoms with E-state index in [9.17, 15) is 18.0 Å². The van der Waals surface area contributed by atoms with Gasteiger partial charge in [-0.25, -0.2) is 8.42 Å². The molecule has 0 heterocycles. The average molecular weight is 570 g/mol. The van der Waals surface area contributed by atoms with Crippen LogP contribution in [0.5, 0.6) is 5.75 Å². The van der Waals surface area contributed by atoms with E-state index in [2.05, 4.69) is 15.4 Å². The highest BCUT2D eigenvalue weighted by atomic mass is 32.2. The third-order valence-corrected chi connectivity index (χ3v) is 7.12. The predicted octanol–water partition coefficient (Wildman–Crippen LogP) is 4.66. The molecule has 0 saturated heterocycles. The molecule has 0 unspecified atom stereocenters. The van der Waals surface area contributed by atoms with E-state index in [1.165, 1.54) is 36.9 Å². The number of amides is 1. The summed E-state index contributed by atoms with van der Waals surface area (Å²) in [5.41, 5.74) is 2.10. The first-order valence-electron chi connectivity index (χ1n) is 12.3. The van der Waals surface area contributed by atoms with Crippen LogP contribution < -0.4 is 20.1 Å². The van der Waals surface area contributed by atoms with Crippen LogP contribution in [0.4, 0.5) is 11.4 Å². The SMILES string of the molecule is COc1ccc(NS(=O)(=O)c2ccc(NC(=S)NC(=O)CCCC(=O)OCCCc3ccccc3)cc2)cc1. The highest BCUT2D eigenvalue weighted by Gasteiger charge is 2.15. The molecule has 0 radical (unpaired) electrons. The van der Waals surface area contributed by atoms with Crippen molar-refractivity contribution in [3.05, 3.63) is 84.4 Å². The topological polar surface area (TPSA) is 123 Å². The summed E-state index contributed by atoms with van der Waals surface area (Å²) in [4.78, 5) is 24.1. The molecule has 3 N–H and O–H groups in total. The first kappa shape index (κ1) is 29.6. The highest BCUT2D eigenvalue weighted by molar-refractivity contribution is 7.92. The van der Waals surface area contributed by atoms with Gasteiger partial charge in [-0.3, -0.25) is 14.3 Å². The van der Waals surface area contributed by atoms with Crippen molar-refractivity contribution in [1.29, 1.82) is 0 Å². The van der Waals surface area contributed by atoms with E-state index in [0.717, 1.165) is 12.8 Å². The number of carbonyl (C=O) groups excluding carboxylic acids is 2. The van der Waals surface area contributed by atoms with Crippen LogP contribution >= 0.6 is 12.2 Å². The summed E-state index contributed by atoms with van der Waals surface area (Å²) in [6.07, 6.45) is 2.15. The van der Waals surface area contributed by atoms with E-state index in [1.807, 2.05) is 30.3 Å². The Morgan fingerprint density at radius 3 is 2.18 bits per heavy atom. The number of carbonyl (C=O) groups is 2. The van der Waals surface area contributed by atoms with E-state index in [-0.39, 0.29) is 34.7 Å². The standard InChI is InChI=1S/C28H31N3O6S2/c1-36-24-16-12-23(13-17-24)31-39(34,35)25-18-14-22(15-19-25)29-28(38)30-26(32)10-5-11-27(33)37-20-6-9-21-7-3-2-4-8-21/h2-4,7-8,12-19,31H,5-6,9-11,20H2,1H3,(H2,29,30,32,38). The summed E-state index contributed by atoms with van der Waals surface area (Å²) in [6.45, 7) is 0.339. The minimum absolute atomic E-state index is 0.0609. The van der Waals surface area contributed by atoms with Crippen LogP contribution in [0.2, 0.25) is 0 Å². The number of hydrogen-bond donors (Lipinski definition) is 3. The quantitative estimate of drug-likeness (QED) is 0.154. The molecule has 0 spiro atoms. The Hall–Kier alpha value is -3.96. The maximum atomic E-state index is 12.6. The van der Waals surface area contributed by atoms with Gasteiger partial charge >= 0.3 is 5.97 Å². The third-order valence-electron chi connectivity index (χ3n) is 5.52. The Kier molecular flexibility index (Phi) is 11.3. The summed E-state index contributed by atoms with van der Waals surface area (Å²) < 4.78 is 38.1. The van der Waals surface area contributed by atoms with E-state index >= 15 is 0 Å². The minimum atomic E-state index is -3.79. The third kappa shape index (κ3) is 10.4. The van der Waals surface area contributed by atoms with Crippen molar-refractivity contribution in [2.75, 3.05) is 23.8 Å². The number of anilines is 2. The van der Waals surface area contributed by atoms with Crippen molar-refractivity contribution in [2.45, 2.75) is 37.0 Å². The molecule has 0 aromatic heterocycles. The Morgan fingerprint density at radius 2 is 1.51 bits per heavy atom. The fourth-order valence-electron chi connectivity index (χ4n) is 3.51. The van der Waals surface area contributed by atoms with Gasteiger partial charge in [0, 0.05) is 24.2 Å². The van der Waals surface area contributed by atoms with Crippen molar-refractivity contribution in [3.63, 3.8) is 0 Å². The second kappa shape index (κ2) is 14.8. The highest BCUT2D eigenvalue weighted by Crippen LogP contribution is 2.20. The molecular formula is C28H31N3O6S2. The second-order valence-corrected chi connectivity index (χ2v) is 10.6. The van der Waals surface area contributed by atoms with Gasteiger partial charge in [0.25, 0.3) is 10.0 Å². The average Bonchev–Trinajstić information content (AvgIpc) is 2.92. The van der Waals surface area contributed by atoms with Crippen molar-refractivity contribution in [2.24, 2.45) is 0 Å². The number of thiocarbonyl (C=S) groups is 1. The maximum absolute atomic E-state index is 12.6. The lowest BCUT2D eigenvalue weighted by molar-refractivity contribution is -0.143.